The third kappa shape index (κ3) is 3.68. The lowest BCUT2D eigenvalue weighted by molar-refractivity contribution is 0.382. The Morgan fingerprint density at radius 2 is 2.10 bits per heavy atom. The lowest BCUT2D eigenvalue weighted by atomic mass is 10.0. The van der Waals surface area contributed by atoms with Gasteiger partial charge in [0.25, 0.3) is 0 Å². The normalized spacial score (nSPS) is 12.2. The number of ether oxygens (including phenoxy) is 1. The van der Waals surface area contributed by atoms with Gasteiger partial charge in [0.05, 0.1) is 18.2 Å². The lowest BCUT2D eigenvalue weighted by Crippen LogP contribution is -2.25. The van der Waals surface area contributed by atoms with Crippen molar-refractivity contribution in [2.24, 2.45) is 0 Å². The Labute approximate surface area is 128 Å². The number of nitrogens with zero attached hydrogens (tertiary/aromatic N) is 2. The Hall–Kier alpha value is -1.72. The van der Waals surface area contributed by atoms with Gasteiger partial charge in [-0.05, 0) is 30.7 Å². The summed E-state index contributed by atoms with van der Waals surface area (Å²) in [5.41, 5.74) is 1.35. The number of rotatable bonds is 6. The molecule has 21 heavy (non-hydrogen) atoms. The molecule has 2 rings (SSSR count). The zero-order valence-electron chi connectivity index (χ0n) is 11.9. The number of hydrogen-bond acceptors (Lipinski definition) is 4. The van der Waals surface area contributed by atoms with E-state index >= 15 is 0 Å². The maximum Gasteiger partial charge on any atom is 0.237 e. The first-order valence-electron chi connectivity index (χ1n) is 6.70. The molecule has 4 nitrogen and oxygen atoms in total. The van der Waals surface area contributed by atoms with E-state index in [0.29, 0.717) is 11.6 Å². The molecule has 1 aromatic heterocycles. The van der Waals surface area contributed by atoms with Crippen LogP contribution in [-0.4, -0.2) is 23.6 Å². The van der Waals surface area contributed by atoms with Crippen molar-refractivity contribution in [1.82, 2.24) is 15.3 Å². The van der Waals surface area contributed by atoms with E-state index in [-0.39, 0.29) is 11.1 Å². The fourth-order valence-corrected chi connectivity index (χ4v) is 2.16. The van der Waals surface area contributed by atoms with Crippen LogP contribution in [0, 0.1) is 5.82 Å². The molecule has 1 atom stereocenters. The molecule has 0 aliphatic carbocycles. The summed E-state index contributed by atoms with van der Waals surface area (Å²) in [6.45, 7) is 2.81. The zero-order valence-corrected chi connectivity index (χ0v) is 12.7. The molecule has 0 amide bonds. The quantitative estimate of drug-likeness (QED) is 0.889. The molecule has 1 N–H and O–H groups in total. The number of nitrogens with one attached hydrogen (secondary N) is 1. The zero-order chi connectivity index (χ0) is 15.2. The molecule has 0 bridgehead atoms. The number of halogens is 2. The highest BCUT2D eigenvalue weighted by Gasteiger charge is 2.21. The van der Waals surface area contributed by atoms with Crippen LogP contribution in [0.1, 0.15) is 30.6 Å². The minimum atomic E-state index is -0.458. The van der Waals surface area contributed by atoms with Crippen LogP contribution < -0.4 is 10.1 Å². The van der Waals surface area contributed by atoms with Gasteiger partial charge < -0.3 is 10.1 Å². The van der Waals surface area contributed by atoms with Gasteiger partial charge in [0.15, 0.2) is 0 Å². The molecule has 2 aromatic rings. The van der Waals surface area contributed by atoms with E-state index in [1.54, 1.807) is 18.5 Å². The summed E-state index contributed by atoms with van der Waals surface area (Å²) in [6, 6.07) is 4.41. The van der Waals surface area contributed by atoms with Crippen molar-refractivity contribution in [3.05, 3.63) is 52.7 Å². The molecule has 0 radical (unpaired) electrons. The van der Waals surface area contributed by atoms with Crippen LogP contribution in [-0.2, 0) is 0 Å². The molecule has 6 heteroatoms. The minimum absolute atomic E-state index is 0.0964. The molecular weight excluding hydrogens is 293 g/mol. The van der Waals surface area contributed by atoms with Gasteiger partial charge in [-0.1, -0.05) is 24.6 Å². The van der Waals surface area contributed by atoms with E-state index in [9.17, 15) is 4.39 Å². The molecule has 112 valence electrons. The fourth-order valence-electron chi connectivity index (χ4n) is 2.04. The monoisotopic (exact) mass is 309 g/mol. The first kappa shape index (κ1) is 15.7. The predicted octanol–water partition coefficient (Wildman–Crippen LogP) is 3.37. The van der Waals surface area contributed by atoms with Gasteiger partial charge in [0, 0.05) is 12.4 Å². The molecule has 0 saturated heterocycles. The summed E-state index contributed by atoms with van der Waals surface area (Å²) in [4.78, 5) is 8.47. The van der Waals surface area contributed by atoms with Crippen molar-refractivity contribution in [3.8, 4) is 5.88 Å². The summed E-state index contributed by atoms with van der Waals surface area (Å²) >= 11 is 5.75. The molecule has 0 spiro atoms. The number of hydrogen-bond donors (Lipinski definition) is 1. The summed E-state index contributed by atoms with van der Waals surface area (Å²) in [6.07, 6.45) is 4.08. The molecule has 1 heterocycles. The molecule has 1 unspecified atom stereocenters. The van der Waals surface area contributed by atoms with E-state index in [1.165, 1.54) is 19.2 Å². The number of aromatic nitrogens is 2. The van der Waals surface area contributed by atoms with Crippen molar-refractivity contribution in [3.63, 3.8) is 0 Å². The smallest absolute Gasteiger partial charge is 0.237 e. The van der Waals surface area contributed by atoms with E-state index in [0.717, 1.165) is 18.5 Å². The van der Waals surface area contributed by atoms with Crippen LogP contribution in [0.25, 0.3) is 0 Å². The second-order valence-corrected chi connectivity index (χ2v) is 4.92. The molecule has 0 aliphatic heterocycles. The van der Waals surface area contributed by atoms with Gasteiger partial charge in [0.2, 0.25) is 5.88 Å². The van der Waals surface area contributed by atoms with Crippen molar-refractivity contribution in [2.75, 3.05) is 13.7 Å². The average Bonchev–Trinajstić information content (AvgIpc) is 2.51. The Balaban J connectivity index is 2.44. The Kier molecular flexibility index (Phi) is 5.47. The molecule has 0 fully saturated rings. The Morgan fingerprint density at radius 1 is 1.33 bits per heavy atom. The molecule has 0 saturated carbocycles. The van der Waals surface area contributed by atoms with Crippen LogP contribution in [0.15, 0.2) is 30.6 Å². The molecule has 0 aliphatic rings. The summed E-state index contributed by atoms with van der Waals surface area (Å²) < 4.78 is 19.0. The minimum Gasteiger partial charge on any atom is -0.480 e. The van der Waals surface area contributed by atoms with Gasteiger partial charge in [-0.15, -0.1) is 0 Å². The second-order valence-electron chi connectivity index (χ2n) is 4.51. The molecular formula is C15H17ClFN3O. The van der Waals surface area contributed by atoms with Crippen molar-refractivity contribution < 1.29 is 9.13 Å². The summed E-state index contributed by atoms with van der Waals surface area (Å²) in [5, 5.41) is 3.43. The lowest BCUT2D eigenvalue weighted by Gasteiger charge is -2.20. The van der Waals surface area contributed by atoms with E-state index in [1.807, 2.05) is 0 Å². The highest BCUT2D eigenvalue weighted by Crippen LogP contribution is 2.28. The highest BCUT2D eigenvalue weighted by atomic mass is 35.5. The highest BCUT2D eigenvalue weighted by molar-refractivity contribution is 6.30. The largest absolute Gasteiger partial charge is 0.480 e. The first-order chi connectivity index (χ1) is 10.2. The summed E-state index contributed by atoms with van der Waals surface area (Å²) in [5.74, 6) is -0.0400. The topological polar surface area (TPSA) is 47.0 Å². The van der Waals surface area contributed by atoms with Crippen molar-refractivity contribution >= 4 is 11.6 Å². The van der Waals surface area contributed by atoms with Gasteiger partial charge in [-0.2, -0.15) is 0 Å². The predicted molar refractivity (Wildman–Crippen MR) is 80.1 cm³/mol. The maximum atomic E-state index is 13.7. The van der Waals surface area contributed by atoms with Gasteiger partial charge >= 0.3 is 0 Å². The van der Waals surface area contributed by atoms with Gasteiger partial charge in [0.1, 0.15) is 11.5 Å². The number of benzene rings is 1. The van der Waals surface area contributed by atoms with Crippen molar-refractivity contribution in [1.29, 1.82) is 0 Å². The summed E-state index contributed by atoms with van der Waals surface area (Å²) in [7, 11) is 1.53. The Morgan fingerprint density at radius 3 is 2.76 bits per heavy atom. The van der Waals surface area contributed by atoms with E-state index < -0.39 is 5.82 Å². The van der Waals surface area contributed by atoms with E-state index in [2.05, 4.69) is 22.2 Å². The third-order valence-electron chi connectivity index (χ3n) is 3.03. The second kappa shape index (κ2) is 7.33. The van der Waals surface area contributed by atoms with E-state index in [4.69, 9.17) is 16.3 Å². The first-order valence-corrected chi connectivity index (χ1v) is 7.08. The van der Waals surface area contributed by atoms with Crippen LogP contribution in [0.3, 0.4) is 0 Å². The maximum absolute atomic E-state index is 13.7. The Bertz CT molecular complexity index is 609. The van der Waals surface area contributed by atoms with Crippen LogP contribution in [0.5, 0.6) is 5.88 Å². The van der Waals surface area contributed by atoms with Crippen molar-refractivity contribution in [2.45, 2.75) is 19.4 Å². The van der Waals surface area contributed by atoms with Crippen LogP contribution in [0.4, 0.5) is 4.39 Å². The third-order valence-corrected chi connectivity index (χ3v) is 3.34. The average molecular weight is 310 g/mol. The fraction of sp³-hybridized carbons (Fsp3) is 0.333. The van der Waals surface area contributed by atoms with Crippen LogP contribution >= 0.6 is 11.6 Å². The van der Waals surface area contributed by atoms with Gasteiger partial charge in [-0.3, -0.25) is 4.98 Å². The van der Waals surface area contributed by atoms with Gasteiger partial charge in [-0.25, -0.2) is 9.37 Å². The number of methoxy groups -OCH3 is 1. The standard InChI is InChI=1S/C15H17ClFN3O/c1-3-6-18-13(10-4-5-11(16)12(17)9-10)14-15(21-2)20-8-7-19-14/h4-5,7-9,13,18H,3,6H2,1-2H3. The molecule has 1 aromatic carbocycles. The SMILES string of the molecule is CCCNC(c1ccc(Cl)c(F)c1)c1nccnc1OC. The van der Waals surface area contributed by atoms with Crippen LogP contribution in [0.2, 0.25) is 5.02 Å².